The summed E-state index contributed by atoms with van der Waals surface area (Å²) in [6.45, 7) is 2.11. The minimum Gasteiger partial charge on any atom is -0.507 e. The number of rotatable bonds is 4. The summed E-state index contributed by atoms with van der Waals surface area (Å²) in [5.74, 6) is 1.64. The number of pyridine rings is 1. The normalized spacial score (nSPS) is 18.4. The standard InChI is InChI=1S/C20H20N4O3/c25-19-14-6-9-27-17(14)4-3-15(19)18-13-5-7-21-11-16(13)20(24-23-18)22-10-12-2-1-8-26-12/h3-5,7,11-12,25H,1-2,6,8-10H2,(H,22,24)/t12-/m1/s1. The molecule has 7 nitrogen and oxygen atoms in total. The minimum absolute atomic E-state index is 0.207. The average Bonchev–Trinajstić information content (AvgIpc) is 3.39. The van der Waals surface area contributed by atoms with Crippen LogP contribution in [0, 0.1) is 0 Å². The fourth-order valence-corrected chi connectivity index (χ4v) is 3.79. The molecule has 5 rings (SSSR count). The molecule has 0 amide bonds. The number of hydrogen-bond donors (Lipinski definition) is 2. The highest BCUT2D eigenvalue weighted by atomic mass is 16.5. The van der Waals surface area contributed by atoms with Crippen LogP contribution in [-0.2, 0) is 11.2 Å². The van der Waals surface area contributed by atoms with Gasteiger partial charge in [0.2, 0.25) is 0 Å². The van der Waals surface area contributed by atoms with Crippen molar-refractivity contribution in [3.63, 3.8) is 0 Å². The summed E-state index contributed by atoms with van der Waals surface area (Å²) in [5.41, 5.74) is 2.13. The monoisotopic (exact) mass is 364 g/mol. The van der Waals surface area contributed by atoms with Crippen LogP contribution < -0.4 is 10.1 Å². The van der Waals surface area contributed by atoms with Crippen molar-refractivity contribution in [1.29, 1.82) is 0 Å². The fraction of sp³-hybridized carbons (Fsp3) is 0.350. The highest BCUT2D eigenvalue weighted by molar-refractivity contribution is 6.00. The topological polar surface area (TPSA) is 89.4 Å². The molecular formula is C20H20N4O3. The number of aromatic hydroxyl groups is 1. The van der Waals surface area contributed by atoms with Gasteiger partial charge in [0.1, 0.15) is 17.2 Å². The lowest BCUT2D eigenvalue weighted by Crippen LogP contribution is -2.19. The summed E-state index contributed by atoms with van der Waals surface area (Å²) < 4.78 is 11.2. The van der Waals surface area contributed by atoms with Gasteiger partial charge in [0.15, 0.2) is 5.82 Å². The van der Waals surface area contributed by atoms with E-state index in [9.17, 15) is 5.11 Å². The third-order valence-electron chi connectivity index (χ3n) is 5.21. The number of nitrogens with zero attached hydrogens (tertiary/aromatic N) is 3. The van der Waals surface area contributed by atoms with Gasteiger partial charge in [0.05, 0.1) is 12.7 Å². The Labute approximate surface area is 156 Å². The third-order valence-corrected chi connectivity index (χ3v) is 5.21. The molecule has 27 heavy (non-hydrogen) atoms. The molecule has 0 unspecified atom stereocenters. The predicted octanol–water partition coefficient (Wildman–Crippen LogP) is 2.92. The van der Waals surface area contributed by atoms with Gasteiger partial charge in [-0.25, -0.2) is 0 Å². The Hall–Kier alpha value is -2.93. The molecule has 1 atom stereocenters. The first-order chi connectivity index (χ1) is 13.3. The van der Waals surface area contributed by atoms with Crippen LogP contribution in [0.1, 0.15) is 18.4 Å². The Kier molecular flexibility index (Phi) is 4.01. The molecule has 1 saturated heterocycles. The van der Waals surface area contributed by atoms with E-state index in [4.69, 9.17) is 9.47 Å². The maximum Gasteiger partial charge on any atom is 0.158 e. The number of hydrogen-bond acceptors (Lipinski definition) is 7. The molecule has 1 fully saturated rings. The number of phenolic OH excluding ortho intramolecular Hbond substituents is 1. The number of phenols is 1. The Morgan fingerprint density at radius 3 is 3.00 bits per heavy atom. The van der Waals surface area contributed by atoms with Gasteiger partial charge in [-0.1, -0.05) is 0 Å². The molecule has 2 aliphatic heterocycles. The van der Waals surface area contributed by atoms with Crippen LogP contribution in [0.4, 0.5) is 5.82 Å². The SMILES string of the molecule is Oc1c(-c2nnc(NC[C@H]3CCCO3)c3cnccc23)ccc2c1CCO2. The number of benzene rings is 1. The van der Waals surface area contributed by atoms with E-state index in [-0.39, 0.29) is 11.9 Å². The lowest BCUT2D eigenvalue weighted by molar-refractivity contribution is 0.120. The number of aromatic nitrogens is 3. The van der Waals surface area contributed by atoms with Gasteiger partial charge in [-0.3, -0.25) is 4.98 Å². The van der Waals surface area contributed by atoms with Crippen LogP contribution in [-0.4, -0.2) is 46.2 Å². The number of nitrogens with one attached hydrogen (secondary N) is 1. The van der Waals surface area contributed by atoms with Crippen molar-refractivity contribution in [2.75, 3.05) is 25.1 Å². The summed E-state index contributed by atoms with van der Waals surface area (Å²) >= 11 is 0. The maximum atomic E-state index is 10.7. The van der Waals surface area contributed by atoms with Gasteiger partial charge >= 0.3 is 0 Å². The Bertz CT molecular complexity index is 1000. The summed E-state index contributed by atoms with van der Waals surface area (Å²) in [6.07, 6.45) is 6.56. The first-order valence-electron chi connectivity index (χ1n) is 9.25. The molecule has 4 heterocycles. The Balaban J connectivity index is 1.55. The third kappa shape index (κ3) is 2.84. The molecule has 2 aliphatic rings. The fourth-order valence-electron chi connectivity index (χ4n) is 3.79. The van der Waals surface area contributed by atoms with Crippen LogP contribution >= 0.6 is 0 Å². The Morgan fingerprint density at radius 2 is 2.11 bits per heavy atom. The van der Waals surface area contributed by atoms with Crippen molar-refractivity contribution in [2.24, 2.45) is 0 Å². The molecular weight excluding hydrogens is 344 g/mol. The van der Waals surface area contributed by atoms with Crippen molar-refractivity contribution < 1.29 is 14.6 Å². The van der Waals surface area contributed by atoms with Crippen LogP contribution in [0.25, 0.3) is 22.0 Å². The van der Waals surface area contributed by atoms with Crippen LogP contribution in [0.15, 0.2) is 30.6 Å². The molecule has 0 spiro atoms. The number of anilines is 1. The molecule has 138 valence electrons. The molecule has 1 aromatic carbocycles. The minimum atomic E-state index is 0.207. The van der Waals surface area contributed by atoms with Crippen LogP contribution in [0.5, 0.6) is 11.5 Å². The van der Waals surface area contributed by atoms with Crippen molar-refractivity contribution in [2.45, 2.75) is 25.4 Å². The highest BCUT2D eigenvalue weighted by Crippen LogP contribution is 2.41. The molecule has 7 heteroatoms. The molecule has 3 aromatic rings. The zero-order valence-electron chi connectivity index (χ0n) is 14.8. The highest BCUT2D eigenvalue weighted by Gasteiger charge is 2.22. The van der Waals surface area contributed by atoms with E-state index in [1.165, 1.54) is 0 Å². The largest absolute Gasteiger partial charge is 0.507 e. The zero-order valence-corrected chi connectivity index (χ0v) is 14.8. The van der Waals surface area contributed by atoms with Gasteiger partial charge in [-0.05, 0) is 31.0 Å². The van der Waals surface area contributed by atoms with Crippen LogP contribution in [0.3, 0.4) is 0 Å². The van der Waals surface area contributed by atoms with E-state index >= 15 is 0 Å². The predicted molar refractivity (Wildman–Crippen MR) is 101 cm³/mol. The van der Waals surface area contributed by atoms with Gasteiger partial charge < -0.3 is 19.9 Å². The van der Waals surface area contributed by atoms with E-state index in [1.807, 2.05) is 18.2 Å². The first-order valence-corrected chi connectivity index (χ1v) is 9.25. The average molecular weight is 364 g/mol. The number of ether oxygens (including phenoxy) is 2. The quantitative estimate of drug-likeness (QED) is 0.736. The molecule has 0 aliphatic carbocycles. The van der Waals surface area contributed by atoms with E-state index < -0.39 is 0 Å². The van der Waals surface area contributed by atoms with Gasteiger partial charge in [0, 0.05) is 53.9 Å². The molecule has 2 aromatic heterocycles. The summed E-state index contributed by atoms with van der Waals surface area (Å²) in [5, 5.41) is 24.7. The second kappa shape index (κ2) is 6.66. The number of fused-ring (bicyclic) bond motifs is 2. The van der Waals surface area contributed by atoms with Crippen molar-refractivity contribution in [1.82, 2.24) is 15.2 Å². The van der Waals surface area contributed by atoms with Crippen molar-refractivity contribution >= 4 is 16.6 Å². The molecule has 2 N–H and O–H groups in total. The molecule has 0 saturated carbocycles. The van der Waals surface area contributed by atoms with Gasteiger partial charge in [-0.2, -0.15) is 0 Å². The van der Waals surface area contributed by atoms with E-state index in [2.05, 4.69) is 20.5 Å². The van der Waals surface area contributed by atoms with E-state index in [1.54, 1.807) is 12.4 Å². The van der Waals surface area contributed by atoms with Crippen LogP contribution in [0.2, 0.25) is 0 Å². The van der Waals surface area contributed by atoms with Gasteiger partial charge in [-0.15, -0.1) is 10.2 Å². The van der Waals surface area contributed by atoms with E-state index in [0.717, 1.165) is 41.5 Å². The zero-order chi connectivity index (χ0) is 18.2. The Morgan fingerprint density at radius 1 is 1.15 bits per heavy atom. The molecule has 0 bridgehead atoms. The van der Waals surface area contributed by atoms with Crippen molar-refractivity contribution in [3.8, 4) is 22.8 Å². The summed E-state index contributed by atoms with van der Waals surface area (Å²) in [4.78, 5) is 4.25. The first kappa shape index (κ1) is 16.3. The smallest absolute Gasteiger partial charge is 0.158 e. The lowest BCUT2D eigenvalue weighted by atomic mass is 10.0. The van der Waals surface area contributed by atoms with Gasteiger partial charge in [0.25, 0.3) is 0 Å². The second-order valence-corrected chi connectivity index (χ2v) is 6.87. The maximum absolute atomic E-state index is 10.7. The summed E-state index contributed by atoms with van der Waals surface area (Å²) in [6, 6.07) is 5.62. The molecule has 0 radical (unpaired) electrons. The van der Waals surface area contributed by atoms with E-state index in [0.29, 0.717) is 36.6 Å². The lowest BCUT2D eigenvalue weighted by Gasteiger charge is -2.14. The second-order valence-electron chi connectivity index (χ2n) is 6.87. The summed E-state index contributed by atoms with van der Waals surface area (Å²) in [7, 11) is 0. The van der Waals surface area contributed by atoms with Crippen molar-refractivity contribution in [3.05, 3.63) is 36.2 Å².